The zero-order valence-electron chi connectivity index (χ0n) is 15.8. The lowest BCUT2D eigenvalue weighted by Gasteiger charge is -2.20. The molecule has 1 N–H and O–H groups in total. The summed E-state index contributed by atoms with van der Waals surface area (Å²) in [5.74, 6) is 2.44. The lowest BCUT2D eigenvalue weighted by atomic mass is 9.94. The molecule has 3 aromatic rings. The van der Waals surface area contributed by atoms with E-state index in [0.29, 0.717) is 29.4 Å². The molecule has 140 valence electrons. The molecule has 1 aliphatic heterocycles. The average Bonchev–Trinajstić information content (AvgIpc) is 2.70. The molecule has 0 atom stereocenters. The first kappa shape index (κ1) is 17.3. The number of fused-ring (bicyclic) bond motifs is 4. The van der Waals surface area contributed by atoms with Gasteiger partial charge in [-0.3, -0.25) is 0 Å². The first-order chi connectivity index (χ1) is 13.1. The highest BCUT2D eigenvalue weighted by Crippen LogP contribution is 2.46. The third-order valence-electron chi connectivity index (χ3n) is 5.13. The van der Waals surface area contributed by atoms with Crippen molar-refractivity contribution < 1.29 is 28.6 Å². The first-order valence-corrected chi connectivity index (χ1v) is 8.68. The number of hydrogen-bond acceptors (Lipinski definition) is 5. The van der Waals surface area contributed by atoms with Gasteiger partial charge in [0.15, 0.2) is 35.7 Å². The van der Waals surface area contributed by atoms with E-state index in [1.807, 2.05) is 18.2 Å². The van der Waals surface area contributed by atoms with E-state index in [-0.39, 0.29) is 5.75 Å². The molecule has 6 heteroatoms. The number of aromatic hydroxyl groups is 1. The van der Waals surface area contributed by atoms with Crippen LogP contribution in [0.4, 0.5) is 0 Å². The zero-order chi connectivity index (χ0) is 19.1. The summed E-state index contributed by atoms with van der Waals surface area (Å²) in [6, 6.07) is 7.92. The highest BCUT2D eigenvalue weighted by molar-refractivity contribution is 5.92. The van der Waals surface area contributed by atoms with Crippen LogP contribution in [0.5, 0.6) is 28.7 Å². The Labute approximate surface area is 157 Å². The van der Waals surface area contributed by atoms with Gasteiger partial charge in [-0.05, 0) is 23.6 Å². The molecule has 0 bridgehead atoms. The molecule has 0 spiro atoms. The van der Waals surface area contributed by atoms with E-state index in [0.717, 1.165) is 34.1 Å². The topological polar surface area (TPSA) is 61.0 Å². The number of methoxy groups -OCH3 is 4. The van der Waals surface area contributed by atoms with Crippen molar-refractivity contribution in [2.24, 2.45) is 0 Å². The van der Waals surface area contributed by atoms with Crippen LogP contribution in [-0.2, 0) is 13.0 Å². The molecule has 27 heavy (non-hydrogen) atoms. The van der Waals surface area contributed by atoms with Gasteiger partial charge in [0.1, 0.15) is 0 Å². The fraction of sp³-hybridized carbons (Fsp3) is 0.286. The third kappa shape index (κ3) is 2.51. The zero-order valence-corrected chi connectivity index (χ0v) is 15.8. The molecule has 0 saturated heterocycles. The van der Waals surface area contributed by atoms with Crippen LogP contribution in [0.25, 0.3) is 22.0 Å². The van der Waals surface area contributed by atoms with Crippen LogP contribution in [0.3, 0.4) is 0 Å². The number of phenols is 1. The van der Waals surface area contributed by atoms with Crippen molar-refractivity contribution in [2.45, 2.75) is 13.0 Å². The number of phenolic OH excluding ortho intramolecular Hbond substituents is 1. The molecule has 2 aromatic carbocycles. The Hall–Kier alpha value is -3.15. The minimum absolute atomic E-state index is 0.144. The number of aryl methyl sites for hydroxylation is 1. The first-order valence-electron chi connectivity index (χ1n) is 8.68. The molecule has 0 unspecified atom stereocenters. The van der Waals surface area contributed by atoms with Gasteiger partial charge in [-0.15, -0.1) is 0 Å². The second kappa shape index (κ2) is 6.54. The van der Waals surface area contributed by atoms with Crippen LogP contribution in [0.1, 0.15) is 5.56 Å². The molecule has 0 saturated carbocycles. The van der Waals surface area contributed by atoms with Crippen molar-refractivity contribution in [1.29, 1.82) is 0 Å². The van der Waals surface area contributed by atoms with Crippen molar-refractivity contribution in [1.82, 2.24) is 0 Å². The summed E-state index contributed by atoms with van der Waals surface area (Å²) < 4.78 is 23.9. The summed E-state index contributed by atoms with van der Waals surface area (Å²) in [5.41, 5.74) is 2.81. The number of benzene rings is 2. The van der Waals surface area contributed by atoms with E-state index < -0.39 is 0 Å². The third-order valence-corrected chi connectivity index (χ3v) is 5.13. The molecule has 0 aliphatic carbocycles. The minimum Gasteiger partial charge on any atom is -0.504 e. The van der Waals surface area contributed by atoms with Gasteiger partial charge in [-0.1, -0.05) is 0 Å². The fourth-order valence-electron chi connectivity index (χ4n) is 3.83. The lowest BCUT2D eigenvalue weighted by molar-refractivity contribution is -0.686. The van der Waals surface area contributed by atoms with Crippen LogP contribution in [-0.4, -0.2) is 33.5 Å². The Morgan fingerprint density at radius 2 is 1.63 bits per heavy atom. The molecule has 6 nitrogen and oxygen atoms in total. The van der Waals surface area contributed by atoms with Crippen molar-refractivity contribution in [3.63, 3.8) is 0 Å². The minimum atomic E-state index is 0.144. The smallest absolute Gasteiger partial charge is 0.213 e. The average molecular weight is 368 g/mol. The molecule has 0 fully saturated rings. The fourth-order valence-corrected chi connectivity index (χ4v) is 3.83. The number of rotatable bonds is 4. The number of aromatic nitrogens is 1. The maximum absolute atomic E-state index is 10.7. The molecule has 4 rings (SSSR count). The normalized spacial score (nSPS) is 12.3. The molecule has 1 aromatic heterocycles. The predicted octanol–water partition coefficient (Wildman–Crippen LogP) is 3.09. The van der Waals surface area contributed by atoms with E-state index >= 15 is 0 Å². The molecule has 0 amide bonds. The predicted molar refractivity (Wildman–Crippen MR) is 101 cm³/mol. The quantitative estimate of drug-likeness (QED) is 0.717. The summed E-state index contributed by atoms with van der Waals surface area (Å²) in [6.45, 7) is 0.738. The summed E-state index contributed by atoms with van der Waals surface area (Å²) in [4.78, 5) is 0. The van der Waals surface area contributed by atoms with Crippen LogP contribution in [0.15, 0.2) is 30.5 Å². The number of nitrogens with zero attached hydrogens (tertiary/aromatic N) is 1. The van der Waals surface area contributed by atoms with Crippen molar-refractivity contribution >= 4 is 10.8 Å². The second-order valence-corrected chi connectivity index (χ2v) is 6.39. The highest BCUT2D eigenvalue weighted by atomic mass is 16.5. The van der Waals surface area contributed by atoms with Crippen molar-refractivity contribution in [3.05, 3.63) is 36.0 Å². The molecule has 2 heterocycles. The Morgan fingerprint density at radius 1 is 0.889 bits per heavy atom. The standard InChI is InChI=1S/C21H21NO5/c1-24-17-6-5-12-9-16-14-10-18(25-2)21(27-4)19(23)13(14)7-8-22(16)11-15(12)20(17)26-3/h5-6,9-11H,7-8H2,1-4H3/p+1. The Bertz CT molecular complexity index is 1040. The molecule has 0 radical (unpaired) electrons. The highest BCUT2D eigenvalue weighted by Gasteiger charge is 2.30. The van der Waals surface area contributed by atoms with Crippen LogP contribution < -0.4 is 23.5 Å². The summed E-state index contributed by atoms with van der Waals surface area (Å²) in [7, 11) is 6.38. The van der Waals surface area contributed by atoms with Crippen molar-refractivity contribution in [3.8, 4) is 40.0 Å². The maximum Gasteiger partial charge on any atom is 0.213 e. The van der Waals surface area contributed by atoms with E-state index in [4.69, 9.17) is 18.9 Å². The van der Waals surface area contributed by atoms with Crippen LogP contribution in [0.2, 0.25) is 0 Å². The van der Waals surface area contributed by atoms with Crippen LogP contribution >= 0.6 is 0 Å². The molecule has 1 aliphatic rings. The van der Waals surface area contributed by atoms with Gasteiger partial charge in [0.2, 0.25) is 11.4 Å². The monoisotopic (exact) mass is 368 g/mol. The van der Waals surface area contributed by atoms with Gasteiger partial charge >= 0.3 is 0 Å². The van der Waals surface area contributed by atoms with Gasteiger partial charge < -0.3 is 24.1 Å². The molecular weight excluding hydrogens is 346 g/mol. The maximum atomic E-state index is 10.7. The van der Waals surface area contributed by atoms with E-state index in [9.17, 15) is 5.11 Å². The summed E-state index contributed by atoms with van der Waals surface area (Å²) >= 11 is 0. The van der Waals surface area contributed by atoms with Gasteiger partial charge in [-0.25, -0.2) is 0 Å². The van der Waals surface area contributed by atoms with Gasteiger partial charge in [0.25, 0.3) is 0 Å². The number of ether oxygens (including phenoxy) is 4. The van der Waals surface area contributed by atoms with E-state index in [1.165, 1.54) is 7.11 Å². The van der Waals surface area contributed by atoms with Gasteiger partial charge in [0.05, 0.1) is 39.4 Å². The Kier molecular flexibility index (Phi) is 4.18. The van der Waals surface area contributed by atoms with E-state index in [2.05, 4.69) is 16.8 Å². The summed E-state index contributed by atoms with van der Waals surface area (Å²) in [5, 5.41) is 12.7. The Morgan fingerprint density at radius 3 is 2.30 bits per heavy atom. The Balaban J connectivity index is 1.99. The van der Waals surface area contributed by atoms with Crippen molar-refractivity contribution in [2.75, 3.05) is 28.4 Å². The van der Waals surface area contributed by atoms with E-state index in [1.54, 1.807) is 21.3 Å². The second-order valence-electron chi connectivity index (χ2n) is 6.39. The number of pyridine rings is 1. The molecular formula is C21H22NO5+. The largest absolute Gasteiger partial charge is 0.504 e. The van der Waals surface area contributed by atoms with Gasteiger partial charge in [0, 0.05) is 18.1 Å². The summed E-state index contributed by atoms with van der Waals surface area (Å²) in [6.07, 6.45) is 2.76. The van der Waals surface area contributed by atoms with Crippen LogP contribution in [0, 0.1) is 0 Å². The van der Waals surface area contributed by atoms with Gasteiger partial charge in [-0.2, -0.15) is 4.57 Å². The number of hydrogen-bond donors (Lipinski definition) is 1. The SMILES string of the molecule is COc1cc2c(c(O)c1OC)CC[n+]1cc3c(OC)c(OC)ccc3cc1-2. The lowest BCUT2D eigenvalue weighted by Crippen LogP contribution is -2.40.